The Bertz CT molecular complexity index is 1070. The fraction of sp³-hybridized carbons (Fsp3) is 0.391. The Morgan fingerprint density at radius 1 is 1.16 bits per heavy atom. The molecule has 3 N–H and O–H groups in total. The van der Waals surface area contributed by atoms with Crippen molar-refractivity contribution in [3.8, 4) is 0 Å². The maximum atomic E-state index is 12.2. The van der Waals surface area contributed by atoms with Gasteiger partial charge < -0.3 is 20.5 Å². The van der Waals surface area contributed by atoms with Crippen LogP contribution in [0.15, 0.2) is 42.7 Å². The van der Waals surface area contributed by atoms with Gasteiger partial charge in [0.2, 0.25) is 17.8 Å². The normalized spacial score (nSPS) is 14.0. The Morgan fingerprint density at radius 2 is 1.97 bits per heavy atom. The third-order valence-corrected chi connectivity index (χ3v) is 5.54. The van der Waals surface area contributed by atoms with E-state index in [0.717, 1.165) is 42.5 Å². The maximum Gasteiger partial charge on any atom is 0.229 e. The average Bonchev–Trinajstić information content (AvgIpc) is 3.41. The predicted molar refractivity (Wildman–Crippen MR) is 121 cm³/mol. The van der Waals surface area contributed by atoms with Crippen LogP contribution in [0.2, 0.25) is 0 Å². The zero-order valence-electron chi connectivity index (χ0n) is 17.7. The summed E-state index contributed by atoms with van der Waals surface area (Å²) in [5.74, 6) is 0.775. The molecular formula is C23H28N6O2. The Morgan fingerprint density at radius 3 is 2.77 bits per heavy atom. The summed E-state index contributed by atoms with van der Waals surface area (Å²) in [6.45, 7) is 2.91. The number of carbonyl (C=O) groups excluding carboxylic acids is 2. The third kappa shape index (κ3) is 5.39. The van der Waals surface area contributed by atoms with Gasteiger partial charge in [0.25, 0.3) is 0 Å². The van der Waals surface area contributed by atoms with Gasteiger partial charge in [0.1, 0.15) is 5.65 Å². The Labute approximate surface area is 181 Å². The maximum absolute atomic E-state index is 12.2. The van der Waals surface area contributed by atoms with E-state index < -0.39 is 0 Å². The van der Waals surface area contributed by atoms with E-state index in [1.807, 2.05) is 36.5 Å². The van der Waals surface area contributed by atoms with E-state index in [2.05, 4.69) is 30.5 Å². The van der Waals surface area contributed by atoms with E-state index in [9.17, 15) is 9.59 Å². The minimum absolute atomic E-state index is 0.118. The van der Waals surface area contributed by atoms with Crippen molar-refractivity contribution >= 4 is 40.2 Å². The van der Waals surface area contributed by atoms with E-state index in [1.165, 1.54) is 19.8 Å². The highest BCUT2D eigenvalue weighted by Gasteiger charge is 2.21. The molecule has 1 aromatic carbocycles. The predicted octanol–water partition coefficient (Wildman–Crippen LogP) is 3.83. The molecule has 0 spiro atoms. The van der Waals surface area contributed by atoms with E-state index in [0.29, 0.717) is 18.2 Å². The lowest BCUT2D eigenvalue weighted by Gasteiger charge is -2.11. The monoisotopic (exact) mass is 420 g/mol. The van der Waals surface area contributed by atoms with Gasteiger partial charge in [-0.15, -0.1) is 0 Å². The van der Waals surface area contributed by atoms with Crippen molar-refractivity contribution in [2.45, 2.75) is 45.6 Å². The lowest BCUT2D eigenvalue weighted by Crippen LogP contribution is -2.30. The van der Waals surface area contributed by atoms with Crippen LogP contribution in [0, 0.1) is 5.92 Å². The molecule has 0 radical (unpaired) electrons. The Hall–Kier alpha value is -3.42. The molecule has 8 nitrogen and oxygen atoms in total. The molecule has 162 valence electrons. The fourth-order valence-electron chi connectivity index (χ4n) is 4.01. The second kappa shape index (κ2) is 9.59. The van der Waals surface area contributed by atoms with Crippen molar-refractivity contribution in [2.24, 2.45) is 5.92 Å². The van der Waals surface area contributed by atoms with Crippen LogP contribution in [0.4, 0.5) is 17.3 Å². The van der Waals surface area contributed by atoms with Crippen molar-refractivity contribution in [3.05, 3.63) is 42.7 Å². The summed E-state index contributed by atoms with van der Waals surface area (Å²) in [5, 5.41) is 10.00. The van der Waals surface area contributed by atoms with Crippen LogP contribution in [0.1, 0.15) is 39.0 Å². The first-order valence-electron chi connectivity index (χ1n) is 10.8. The molecule has 2 heterocycles. The molecule has 8 heteroatoms. The molecule has 1 aliphatic carbocycles. The smallest absolute Gasteiger partial charge is 0.229 e. The standard InChI is InChI=1S/C23H28N6O2/c1-16(30)26-19-8-4-9-20(14-19)27-23-25-15-18-10-13-29(21(18)28-23)12-5-11-24-22(31)17-6-2-3-7-17/h4,8-10,13-15,17H,2-3,5-7,11-12H2,1H3,(H,24,31)(H,26,30)(H,25,27,28). The molecule has 0 atom stereocenters. The van der Waals surface area contributed by atoms with Crippen LogP contribution in [-0.4, -0.2) is 32.9 Å². The third-order valence-electron chi connectivity index (χ3n) is 5.54. The number of aryl methyl sites for hydroxylation is 1. The summed E-state index contributed by atoms with van der Waals surface area (Å²) in [7, 11) is 0. The van der Waals surface area contributed by atoms with Gasteiger partial charge in [0.05, 0.1) is 0 Å². The molecule has 4 rings (SSSR count). The van der Waals surface area contributed by atoms with E-state index >= 15 is 0 Å². The molecule has 3 aromatic rings. The van der Waals surface area contributed by atoms with E-state index in [-0.39, 0.29) is 17.7 Å². The summed E-state index contributed by atoms with van der Waals surface area (Å²) in [6.07, 6.45) is 9.01. The summed E-state index contributed by atoms with van der Waals surface area (Å²) >= 11 is 0. The quantitative estimate of drug-likeness (QED) is 0.481. The van der Waals surface area contributed by atoms with Crippen LogP contribution in [0.25, 0.3) is 11.0 Å². The highest BCUT2D eigenvalue weighted by atomic mass is 16.2. The number of nitrogens with zero attached hydrogens (tertiary/aromatic N) is 3. The van der Waals surface area contributed by atoms with Crippen LogP contribution >= 0.6 is 0 Å². The topological polar surface area (TPSA) is 101 Å². The van der Waals surface area contributed by atoms with Crippen molar-refractivity contribution in [2.75, 3.05) is 17.2 Å². The molecule has 0 aliphatic heterocycles. The van der Waals surface area contributed by atoms with Crippen molar-refractivity contribution < 1.29 is 9.59 Å². The van der Waals surface area contributed by atoms with Crippen LogP contribution in [0.3, 0.4) is 0 Å². The molecule has 1 fully saturated rings. The molecule has 2 amide bonds. The lowest BCUT2D eigenvalue weighted by atomic mass is 10.1. The minimum atomic E-state index is -0.118. The van der Waals surface area contributed by atoms with Crippen LogP contribution < -0.4 is 16.0 Å². The van der Waals surface area contributed by atoms with Gasteiger partial charge in [-0.25, -0.2) is 4.98 Å². The largest absolute Gasteiger partial charge is 0.356 e. The van der Waals surface area contributed by atoms with Crippen molar-refractivity contribution in [1.29, 1.82) is 0 Å². The zero-order valence-corrected chi connectivity index (χ0v) is 17.7. The second-order valence-corrected chi connectivity index (χ2v) is 7.99. The van der Waals surface area contributed by atoms with Gasteiger partial charge in [-0.3, -0.25) is 9.59 Å². The minimum Gasteiger partial charge on any atom is -0.356 e. The zero-order chi connectivity index (χ0) is 21.6. The summed E-state index contributed by atoms with van der Waals surface area (Å²) in [5.41, 5.74) is 2.34. The van der Waals surface area contributed by atoms with Gasteiger partial charge in [0, 0.05) is 55.1 Å². The van der Waals surface area contributed by atoms with Gasteiger partial charge >= 0.3 is 0 Å². The number of carbonyl (C=O) groups is 2. The lowest BCUT2D eigenvalue weighted by molar-refractivity contribution is -0.124. The molecule has 0 bridgehead atoms. The van der Waals surface area contributed by atoms with Gasteiger partial charge in [-0.1, -0.05) is 18.9 Å². The number of rotatable bonds is 8. The summed E-state index contributed by atoms with van der Waals surface area (Å²) in [6, 6.07) is 9.40. The molecular weight excluding hydrogens is 392 g/mol. The number of hydrogen-bond donors (Lipinski definition) is 3. The molecule has 0 saturated heterocycles. The number of amides is 2. The second-order valence-electron chi connectivity index (χ2n) is 7.99. The van der Waals surface area contributed by atoms with Crippen molar-refractivity contribution in [3.63, 3.8) is 0 Å². The van der Waals surface area contributed by atoms with Crippen LogP contribution in [0.5, 0.6) is 0 Å². The van der Waals surface area contributed by atoms with Gasteiger partial charge in [0.15, 0.2) is 0 Å². The fourth-order valence-corrected chi connectivity index (χ4v) is 4.01. The Kier molecular flexibility index (Phi) is 6.45. The number of anilines is 3. The highest BCUT2D eigenvalue weighted by molar-refractivity contribution is 5.89. The summed E-state index contributed by atoms with van der Waals surface area (Å²) in [4.78, 5) is 32.5. The van der Waals surface area contributed by atoms with E-state index in [1.54, 1.807) is 6.20 Å². The molecule has 2 aromatic heterocycles. The first-order valence-corrected chi connectivity index (χ1v) is 10.8. The van der Waals surface area contributed by atoms with Crippen molar-refractivity contribution in [1.82, 2.24) is 19.9 Å². The number of aromatic nitrogens is 3. The summed E-state index contributed by atoms with van der Waals surface area (Å²) < 4.78 is 2.08. The first-order chi connectivity index (χ1) is 15.1. The van der Waals surface area contributed by atoms with E-state index in [4.69, 9.17) is 0 Å². The Balaban J connectivity index is 1.37. The molecule has 0 unspecified atom stereocenters. The number of fused-ring (bicyclic) bond motifs is 1. The average molecular weight is 421 g/mol. The SMILES string of the molecule is CC(=O)Nc1cccc(Nc2ncc3ccn(CCCNC(=O)C4CCCC4)c3n2)c1. The van der Waals surface area contributed by atoms with Gasteiger partial charge in [-0.2, -0.15) is 4.98 Å². The first kappa shape index (κ1) is 20.8. The number of benzene rings is 1. The molecule has 31 heavy (non-hydrogen) atoms. The number of nitrogens with one attached hydrogen (secondary N) is 3. The number of hydrogen-bond acceptors (Lipinski definition) is 5. The van der Waals surface area contributed by atoms with Crippen LogP contribution in [-0.2, 0) is 16.1 Å². The highest BCUT2D eigenvalue weighted by Crippen LogP contribution is 2.24. The molecule has 1 saturated carbocycles. The van der Waals surface area contributed by atoms with Gasteiger partial charge in [-0.05, 0) is 43.5 Å². The molecule has 1 aliphatic rings.